The molecule has 1 aliphatic carbocycles. The third-order valence-electron chi connectivity index (χ3n) is 5.73. The Bertz CT molecular complexity index is 969. The first-order valence-electron chi connectivity index (χ1n) is 9.60. The van der Waals surface area contributed by atoms with E-state index in [2.05, 4.69) is 4.98 Å². The predicted octanol–water partition coefficient (Wildman–Crippen LogP) is 2.01. The number of aromatic nitrogens is 2. The SMILES string of the molecule is CCOc1cc2c(cc1OC)C=N[C@H]1C(c3cnc(=O)n(C)c3)C[C@@H](O)C[C@H]21. The van der Waals surface area contributed by atoms with Crippen LogP contribution >= 0.6 is 0 Å². The second-order valence-corrected chi connectivity index (χ2v) is 7.45. The van der Waals surface area contributed by atoms with Crippen molar-refractivity contribution in [3.63, 3.8) is 0 Å². The van der Waals surface area contributed by atoms with Gasteiger partial charge in [-0.25, -0.2) is 9.78 Å². The van der Waals surface area contributed by atoms with Gasteiger partial charge in [-0.3, -0.25) is 4.99 Å². The topological polar surface area (TPSA) is 85.9 Å². The molecule has 2 aliphatic rings. The highest BCUT2D eigenvalue weighted by Gasteiger charge is 2.41. The van der Waals surface area contributed by atoms with E-state index >= 15 is 0 Å². The number of aliphatic hydroxyl groups is 1. The maximum Gasteiger partial charge on any atom is 0.347 e. The molecule has 0 radical (unpaired) electrons. The zero-order valence-corrected chi connectivity index (χ0v) is 16.3. The Morgan fingerprint density at radius 2 is 2.04 bits per heavy atom. The maximum absolute atomic E-state index is 11.7. The molecule has 1 fully saturated rings. The number of nitrogens with zero attached hydrogens (tertiary/aromatic N) is 3. The van der Waals surface area contributed by atoms with E-state index < -0.39 is 6.10 Å². The van der Waals surface area contributed by atoms with Gasteiger partial charge in [-0.15, -0.1) is 0 Å². The van der Waals surface area contributed by atoms with E-state index in [4.69, 9.17) is 14.5 Å². The summed E-state index contributed by atoms with van der Waals surface area (Å²) < 4.78 is 12.7. The Balaban J connectivity index is 1.76. The summed E-state index contributed by atoms with van der Waals surface area (Å²) in [5.74, 6) is 1.45. The van der Waals surface area contributed by atoms with E-state index in [9.17, 15) is 9.90 Å². The Morgan fingerprint density at radius 3 is 2.75 bits per heavy atom. The molecule has 2 heterocycles. The lowest BCUT2D eigenvalue weighted by atomic mass is 9.69. The summed E-state index contributed by atoms with van der Waals surface area (Å²) in [7, 11) is 3.32. The van der Waals surface area contributed by atoms with E-state index in [1.807, 2.05) is 25.3 Å². The van der Waals surface area contributed by atoms with Crippen LogP contribution in [-0.2, 0) is 7.05 Å². The fourth-order valence-corrected chi connectivity index (χ4v) is 4.44. The number of fused-ring (bicyclic) bond motifs is 3. The lowest BCUT2D eigenvalue weighted by Crippen LogP contribution is -2.38. The van der Waals surface area contributed by atoms with Crippen molar-refractivity contribution < 1.29 is 14.6 Å². The highest BCUT2D eigenvalue weighted by Crippen LogP contribution is 2.47. The van der Waals surface area contributed by atoms with Crippen LogP contribution in [-0.4, -0.2) is 46.7 Å². The van der Waals surface area contributed by atoms with Crippen molar-refractivity contribution in [2.45, 2.75) is 43.7 Å². The molecule has 4 atom stereocenters. The van der Waals surface area contributed by atoms with Crippen LogP contribution < -0.4 is 15.2 Å². The lowest BCUT2D eigenvalue weighted by molar-refractivity contribution is 0.0979. The summed E-state index contributed by atoms with van der Waals surface area (Å²) in [4.78, 5) is 20.5. The molecule has 0 saturated heterocycles. The Hall–Kier alpha value is -2.67. The molecular weight excluding hydrogens is 358 g/mol. The second kappa shape index (κ2) is 7.39. The first-order chi connectivity index (χ1) is 13.5. The van der Waals surface area contributed by atoms with E-state index in [1.165, 1.54) is 4.57 Å². The van der Waals surface area contributed by atoms with Gasteiger partial charge in [-0.1, -0.05) is 0 Å². The first kappa shape index (κ1) is 18.7. The summed E-state index contributed by atoms with van der Waals surface area (Å²) in [5.41, 5.74) is 2.75. The minimum absolute atomic E-state index is 0.00454. The molecule has 7 nitrogen and oxygen atoms in total. The molecule has 1 unspecified atom stereocenters. The summed E-state index contributed by atoms with van der Waals surface area (Å²) in [5, 5.41) is 10.6. The third kappa shape index (κ3) is 3.20. The summed E-state index contributed by atoms with van der Waals surface area (Å²) in [6.45, 7) is 2.49. The van der Waals surface area contributed by atoms with Crippen LogP contribution in [0.5, 0.6) is 11.5 Å². The largest absolute Gasteiger partial charge is 0.493 e. The highest BCUT2D eigenvalue weighted by molar-refractivity contribution is 5.85. The van der Waals surface area contributed by atoms with Crippen molar-refractivity contribution >= 4 is 6.21 Å². The quantitative estimate of drug-likeness (QED) is 0.873. The molecule has 1 N–H and O–H groups in total. The van der Waals surface area contributed by atoms with Crippen molar-refractivity contribution in [3.05, 3.63) is 51.7 Å². The normalized spacial score (nSPS) is 25.7. The van der Waals surface area contributed by atoms with Gasteiger partial charge >= 0.3 is 5.69 Å². The standard InChI is InChI=1S/C21H25N3O4/c1-4-28-19-8-15-12(5-18(19)27-3)9-22-20-16(6-14(25)7-17(15)20)13-10-23-21(26)24(2)11-13/h5,8-11,14,16-17,20,25H,4,6-7H2,1-3H3/t14-,16?,17-,20+/m1/s1. The Labute approximate surface area is 163 Å². The van der Waals surface area contributed by atoms with Gasteiger partial charge < -0.3 is 19.1 Å². The summed E-state index contributed by atoms with van der Waals surface area (Å²) >= 11 is 0. The monoisotopic (exact) mass is 383 g/mol. The van der Waals surface area contributed by atoms with Gasteiger partial charge in [-0.05, 0) is 48.6 Å². The van der Waals surface area contributed by atoms with Crippen LogP contribution in [0, 0.1) is 0 Å². The molecule has 7 heteroatoms. The molecule has 2 aromatic rings. The zero-order chi connectivity index (χ0) is 19.8. The number of ether oxygens (including phenoxy) is 2. The summed E-state index contributed by atoms with van der Waals surface area (Å²) in [6, 6.07) is 3.95. The minimum atomic E-state index is -0.442. The molecule has 148 valence electrons. The van der Waals surface area contributed by atoms with Gasteiger partial charge in [0.05, 0.1) is 25.9 Å². The molecule has 1 aromatic carbocycles. The molecule has 0 bridgehead atoms. The molecule has 0 amide bonds. The van der Waals surface area contributed by atoms with Crippen molar-refractivity contribution in [3.8, 4) is 11.5 Å². The van der Waals surface area contributed by atoms with Gasteiger partial charge in [0.15, 0.2) is 11.5 Å². The number of aliphatic imine (C=N–C) groups is 1. The predicted molar refractivity (Wildman–Crippen MR) is 106 cm³/mol. The average Bonchev–Trinajstić information content (AvgIpc) is 2.69. The molecule has 1 aliphatic heterocycles. The maximum atomic E-state index is 11.7. The smallest absolute Gasteiger partial charge is 0.347 e. The number of aryl methyl sites for hydroxylation is 1. The fraction of sp³-hybridized carbons (Fsp3) is 0.476. The van der Waals surface area contributed by atoms with Gasteiger partial charge in [0.1, 0.15) is 0 Å². The van der Waals surface area contributed by atoms with Crippen LogP contribution in [0.3, 0.4) is 0 Å². The number of rotatable bonds is 4. The number of hydrogen-bond donors (Lipinski definition) is 1. The molecule has 28 heavy (non-hydrogen) atoms. The van der Waals surface area contributed by atoms with Crippen molar-refractivity contribution in [1.82, 2.24) is 9.55 Å². The van der Waals surface area contributed by atoms with Crippen LogP contribution in [0.25, 0.3) is 0 Å². The van der Waals surface area contributed by atoms with Crippen LogP contribution in [0.2, 0.25) is 0 Å². The van der Waals surface area contributed by atoms with Gasteiger partial charge in [0.25, 0.3) is 0 Å². The second-order valence-electron chi connectivity index (χ2n) is 7.45. The Morgan fingerprint density at radius 1 is 1.25 bits per heavy atom. The molecule has 1 saturated carbocycles. The first-order valence-corrected chi connectivity index (χ1v) is 9.60. The molecule has 1 aromatic heterocycles. The van der Waals surface area contributed by atoms with Gasteiger partial charge in [0.2, 0.25) is 0 Å². The van der Waals surface area contributed by atoms with Crippen molar-refractivity contribution in [1.29, 1.82) is 0 Å². The van der Waals surface area contributed by atoms with Gasteiger partial charge in [0, 0.05) is 37.5 Å². The molecule has 0 spiro atoms. The third-order valence-corrected chi connectivity index (χ3v) is 5.73. The van der Waals surface area contributed by atoms with E-state index in [-0.39, 0.29) is 23.6 Å². The van der Waals surface area contributed by atoms with Gasteiger partial charge in [-0.2, -0.15) is 0 Å². The number of methoxy groups -OCH3 is 1. The van der Waals surface area contributed by atoms with Crippen molar-refractivity contribution in [2.24, 2.45) is 12.0 Å². The number of hydrogen-bond acceptors (Lipinski definition) is 6. The number of benzene rings is 1. The lowest BCUT2D eigenvalue weighted by Gasteiger charge is -2.41. The van der Waals surface area contributed by atoms with Crippen molar-refractivity contribution in [2.75, 3.05) is 13.7 Å². The zero-order valence-electron chi connectivity index (χ0n) is 16.3. The van der Waals surface area contributed by atoms with E-state index in [1.54, 1.807) is 26.6 Å². The molecule has 4 rings (SSSR count). The highest BCUT2D eigenvalue weighted by atomic mass is 16.5. The molecular formula is C21H25N3O4. The van der Waals surface area contributed by atoms with E-state index in [0.717, 1.165) is 16.7 Å². The van der Waals surface area contributed by atoms with E-state index in [0.29, 0.717) is 30.9 Å². The summed E-state index contributed by atoms with van der Waals surface area (Å²) in [6.07, 6.45) is 6.11. The average molecular weight is 383 g/mol. The fourth-order valence-electron chi connectivity index (χ4n) is 4.44. The van der Waals surface area contributed by atoms with Crippen LogP contribution in [0.15, 0.2) is 34.3 Å². The van der Waals surface area contributed by atoms with Crippen LogP contribution in [0.4, 0.5) is 0 Å². The Kier molecular flexibility index (Phi) is 4.93. The minimum Gasteiger partial charge on any atom is -0.493 e. The van der Waals surface area contributed by atoms with Crippen LogP contribution in [0.1, 0.15) is 48.3 Å². The number of aliphatic hydroxyl groups excluding tert-OH is 1.